The van der Waals surface area contributed by atoms with Crippen molar-refractivity contribution >= 4 is 15.9 Å². The molecule has 1 nitrogen and oxygen atoms in total. The maximum absolute atomic E-state index is 13.2. The molecule has 2 aliphatic rings. The Labute approximate surface area is 110 Å². The number of halogens is 2. The number of benzene rings is 1. The summed E-state index contributed by atoms with van der Waals surface area (Å²) in [6, 6.07) is 5.42. The van der Waals surface area contributed by atoms with Crippen molar-refractivity contribution in [3.05, 3.63) is 34.1 Å². The Morgan fingerprint density at radius 3 is 2.82 bits per heavy atom. The van der Waals surface area contributed by atoms with E-state index in [2.05, 4.69) is 21.2 Å². The number of rotatable bonds is 3. The Kier molecular flexibility index (Phi) is 2.99. The van der Waals surface area contributed by atoms with E-state index in [0.29, 0.717) is 10.0 Å². The summed E-state index contributed by atoms with van der Waals surface area (Å²) >= 11 is 3.27. The van der Waals surface area contributed by atoms with Crippen molar-refractivity contribution in [3.63, 3.8) is 0 Å². The summed E-state index contributed by atoms with van der Waals surface area (Å²) in [5, 5.41) is 3.71. The number of hydrogen-bond acceptors (Lipinski definition) is 1. The summed E-state index contributed by atoms with van der Waals surface area (Å²) in [7, 11) is 0. The Morgan fingerprint density at radius 1 is 1.41 bits per heavy atom. The zero-order valence-electron chi connectivity index (χ0n) is 9.81. The van der Waals surface area contributed by atoms with Crippen molar-refractivity contribution in [1.82, 2.24) is 5.32 Å². The third-order valence-corrected chi connectivity index (χ3v) is 4.75. The van der Waals surface area contributed by atoms with Crippen molar-refractivity contribution in [2.45, 2.75) is 37.6 Å². The summed E-state index contributed by atoms with van der Waals surface area (Å²) in [6.45, 7) is 1.14. The van der Waals surface area contributed by atoms with Gasteiger partial charge in [0, 0.05) is 5.54 Å². The van der Waals surface area contributed by atoms with Gasteiger partial charge in [-0.3, -0.25) is 0 Å². The standard InChI is InChI=1S/C14H17BrFN/c15-12-8-10(2-5-13(12)16)9-14(11-3-4-11)6-1-7-17-14/h2,5,8,11,17H,1,3-4,6-7,9H2. The predicted molar refractivity (Wildman–Crippen MR) is 70.5 cm³/mol. The van der Waals surface area contributed by atoms with Gasteiger partial charge in [0.25, 0.3) is 0 Å². The second-order valence-corrected chi connectivity index (χ2v) is 6.24. The van der Waals surface area contributed by atoms with E-state index in [1.54, 1.807) is 6.07 Å². The molecule has 0 amide bonds. The van der Waals surface area contributed by atoms with E-state index in [0.717, 1.165) is 18.9 Å². The van der Waals surface area contributed by atoms with Crippen molar-refractivity contribution in [1.29, 1.82) is 0 Å². The summed E-state index contributed by atoms with van der Waals surface area (Å²) in [4.78, 5) is 0. The summed E-state index contributed by atoms with van der Waals surface area (Å²) in [5.41, 5.74) is 1.54. The molecule has 0 spiro atoms. The Balaban J connectivity index is 1.82. The first-order valence-electron chi connectivity index (χ1n) is 6.39. The molecule has 1 saturated carbocycles. The van der Waals surface area contributed by atoms with Crippen LogP contribution in [0.1, 0.15) is 31.2 Å². The Hall–Kier alpha value is -0.410. The van der Waals surface area contributed by atoms with Crippen LogP contribution in [0.3, 0.4) is 0 Å². The van der Waals surface area contributed by atoms with Crippen LogP contribution < -0.4 is 5.32 Å². The van der Waals surface area contributed by atoms with Crippen molar-refractivity contribution in [2.75, 3.05) is 6.54 Å². The number of nitrogens with one attached hydrogen (secondary N) is 1. The lowest BCUT2D eigenvalue weighted by Gasteiger charge is -2.30. The van der Waals surface area contributed by atoms with Crippen molar-refractivity contribution < 1.29 is 4.39 Å². The molecule has 1 unspecified atom stereocenters. The Bertz CT molecular complexity index is 422. The second-order valence-electron chi connectivity index (χ2n) is 5.39. The molecular formula is C14H17BrFN. The minimum absolute atomic E-state index is 0.173. The van der Waals surface area contributed by atoms with E-state index in [9.17, 15) is 4.39 Å². The zero-order valence-corrected chi connectivity index (χ0v) is 11.4. The van der Waals surface area contributed by atoms with Gasteiger partial charge < -0.3 is 5.32 Å². The molecule has 3 rings (SSSR count). The Morgan fingerprint density at radius 2 is 2.24 bits per heavy atom. The SMILES string of the molecule is Fc1ccc(CC2(C3CC3)CCCN2)cc1Br. The third-order valence-electron chi connectivity index (χ3n) is 4.14. The zero-order chi connectivity index (χ0) is 11.9. The smallest absolute Gasteiger partial charge is 0.137 e. The summed E-state index contributed by atoms with van der Waals surface area (Å²) in [6.07, 6.45) is 6.30. The van der Waals surface area contributed by atoms with E-state index in [1.165, 1.54) is 31.2 Å². The largest absolute Gasteiger partial charge is 0.311 e. The van der Waals surface area contributed by atoms with Crippen LogP contribution in [-0.4, -0.2) is 12.1 Å². The van der Waals surface area contributed by atoms with Gasteiger partial charge >= 0.3 is 0 Å². The van der Waals surface area contributed by atoms with Gasteiger partial charge in [-0.1, -0.05) is 6.07 Å². The fourth-order valence-corrected chi connectivity index (χ4v) is 3.55. The maximum atomic E-state index is 13.2. The highest BCUT2D eigenvalue weighted by molar-refractivity contribution is 9.10. The van der Waals surface area contributed by atoms with Crippen LogP contribution >= 0.6 is 15.9 Å². The third kappa shape index (κ3) is 2.27. The summed E-state index contributed by atoms with van der Waals surface area (Å²) < 4.78 is 13.8. The molecule has 0 bridgehead atoms. The number of hydrogen-bond donors (Lipinski definition) is 1. The quantitative estimate of drug-likeness (QED) is 0.898. The normalized spacial score (nSPS) is 28.6. The van der Waals surface area contributed by atoms with Crippen molar-refractivity contribution in [3.8, 4) is 0 Å². The topological polar surface area (TPSA) is 12.0 Å². The van der Waals surface area contributed by atoms with Crippen LogP contribution in [0.15, 0.2) is 22.7 Å². The first-order valence-corrected chi connectivity index (χ1v) is 7.18. The van der Waals surface area contributed by atoms with Gasteiger partial charge in [-0.2, -0.15) is 0 Å². The van der Waals surface area contributed by atoms with Crippen LogP contribution in [0, 0.1) is 11.7 Å². The first-order chi connectivity index (χ1) is 8.20. The van der Waals surface area contributed by atoms with Crippen LogP contribution in [0.2, 0.25) is 0 Å². The molecule has 1 saturated heterocycles. The van der Waals surface area contributed by atoms with Gasteiger partial charge in [-0.05, 0) is 78.2 Å². The molecule has 92 valence electrons. The summed E-state index contributed by atoms with van der Waals surface area (Å²) in [5.74, 6) is 0.669. The molecule has 1 heterocycles. The molecule has 1 aliphatic carbocycles. The van der Waals surface area contributed by atoms with E-state index in [4.69, 9.17) is 0 Å². The maximum Gasteiger partial charge on any atom is 0.137 e. The van der Waals surface area contributed by atoms with Gasteiger partial charge in [0.2, 0.25) is 0 Å². The van der Waals surface area contributed by atoms with Gasteiger partial charge in [0.05, 0.1) is 4.47 Å². The molecule has 1 atom stereocenters. The molecule has 3 heteroatoms. The monoisotopic (exact) mass is 297 g/mol. The molecule has 1 N–H and O–H groups in total. The van der Waals surface area contributed by atoms with Crippen LogP contribution in [0.25, 0.3) is 0 Å². The van der Waals surface area contributed by atoms with Gasteiger partial charge in [0.15, 0.2) is 0 Å². The fourth-order valence-electron chi connectivity index (χ4n) is 3.12. The molecule has 1 aromatic carbocycles. The lowest BCUT2D eigenvalue weighted by molar-refractivity contribution is 0.323. The first kappa shape index (κ1) is 11.7. The molecule has 1 aromatic rings. The molecule has 0 aromatic heterocycles. The predicted octanol–water partition coefficient (Wildman–Crippen LogP) is 3.66. The lowest BCUT2D eigenvalue weighted by atomic mass is 9.84. The van der Waals surface area contributed by atoms with Gasteiger partial charge in [-0.25, -0.2) is 4.39 Å². The highest BCUT2D eigenvalue weighted by atomic mass is 79.9. The average molecular weight is 298 g/mol. The average Bonchev–Trinajstić information content (AvgIpc) is 3.07. The van der Waals surface area contributed by atoms with Crippen LogP contribution in [-0.2, 0) is 6.42 Å². The molecular weight excluding hydrogens is 281 g/mol. The van der Waals surface area contributed by atoms with E-state index in [-0.39, 0.29) is 5.82 Å². The molecule has 0 radical (unpaired) electrons. The van der Waals surface area contributed by atoms with Gasteiger partial charge in [-0.15, -0.1) is 0 Å². The van der Waals surface area contributed by atoms with Crippen molar-refractivity contribution in [2.24, 2.45) is 5.92 Å². The molecule has 1 aliphatic heterocycles. The van der Waals surface area contributed by atoms with E-state index >= 15 is 0 Å². The van der Waals surface area contributed by atoms with Gasteiger partial charge in [0.1, 0.15) is 5.82 Å². The van der Waals surface area contributed by atoms with E-state index in [1.807, 2.05) is 12.1 Å². The highest BCUT2D eigenvalue weighted by Crippen LogP contribution is 2.46. The lowest BCUT2D eigenvalue weighted by Crippen LogP contribution is -2.44. The molecule has 2 fully saturated rings. The van der Waals surface area contributed by atoms with Crippen LogP contribution in [0.5, 0.6) is 0 Å². The second kappa shape index (κ2) is 4.36. The fraction of sp³-hybridized carbons (Fsp3) is 0.571. The van der Waals surface area contributed by atoms with E-state index < -0.39 is 0 Å². The molecule has 17 heavy (non-hydrogen) atoms. The minimum atomic E-state index is -0.173. The van der Waals surface area contributed by atoms with Crippen LogP contribution in [0.4, 0.5) is 4.39 Å². The highest BCUT2D eigenvalue weighted by Gasteiger charge is 2.46. The minimum Gasteiger partial charge on any atom is -0.311 e.